The number of hydrogen-bond donors (Lipinski definition) is 2. The first-order valence-electron chi connectivity index (χ1n) is 11.9. The highest BCUT2D eigenvalue weighted by Gasteiger charge is 2.42. The van der Waals surface area contributed by atoms with E-state index in [-0.39, 0.29) is 0 Å². The number of methoxy groups -OCH3 is 1. The number of rotatable bonds is 7. The number of nitrogens with one attached hydrogen (secondary N) is 1. The number of fused-ring (bicyclic) bond motifs is 4. The van der Waals surface area contributed by atoms with Gasteiger partial charge in [0, 0.05) is 50.7 Å². The van der Waals surface area contributed by atoms with Gasteiger partial charge in [-0.15, -0.1) is 11.3 Å². The standard InChI is InChI=1S/C27H30N2O3S/c1-31-24-5-3-7-26-22(24)14-27(33-26)17-12-18-8-9-19(13-17)29(18)15-20(30)16-32-25-6-2-4-23-21(25)10-11-28-23/h2-7,10-11,14,17-20,28,30H,8-9,12-13,15-16H2,1H3. The minimum absolute atomic E-state index is 0.319. The topological polar surface area (TPSA) is 57.7 Å². The van der Waals surface area contributed by atoms with Crippen LogP contribution in [0.4, 0.5) is 0 Å². The minimum atomic E-state index is -0.493. The molecule has 2 aromatic carbocycles. The molecule has 3 unspecified atom stereocenters. The van der Waals surface area contributed by atoms with Crippen molar-refractivity contribution in [1.29, 1.82) is 0 Å². The highest BCUT2D eigenvalue weighted by molar-refractivity contribution is 7.19. The number of H-pyrrole nitrogens is 1. The molecule has 0 amide bonds. The molecule has 2 aromatic heterocycles. The van der Waals surface area contributed by atoms with E-state index in [2.05, 4.69) is 28.1 Å². The van der Waals surface area contributed by atoms with Gasteiger partial charge < -0.3 is 19.6 Å². The van der Waals surface area contributed by atoms with Crippen molar-refractivity contribution in [3.63, 3.8) is 0 Å². The Morgan fingerprint density at radius 1 is 1.06 bits per heavy atom. The van der Waals surface area contributed by atoms with Gasteiger partial charge in [0.2, 0.25) is 0 Å². The smallest absolute Gasteiger partial charge is 0.128 e. The lowest BCUT2D eigenvalue weighted by Crippen LogP contribution is -2.47. The highest BCUT2D eigenvalue weighted by atomic mass is 32.1. The van der Waals surface area contributed by atoms with Crippen LogP contribution in [0, 0.1) is 0 Å². The molecule has 5 nitrogen and oxygen atoms in total. The molecule has 2 aliphatic heterocycles. The fourth-order valence-corrected chi connectivity index (χ4v) is 7.11. The number of aromatic nitrogens is 1. The SMILES string of the molecule is COc1cccc2sc(C3CC4CCC(C3)N4CC(O)COc3cccc4[nH]ccc34)cc12. The second-order valence-corrected chi connectivity index (χ2v) is 10.5. The van der Waals surface area contributed by atoms with Gasteiger partial charge >= 0.3 is 0 Å². The highest BCUT2D eigenvalue weighted by Crippen LogP contribution is 2.46. The average molecular weight is 463 g/mol. The van der Waals surface area contributed by atoms with Crippen molar-refractivity contribution in [2.24, 2.45) is 0 Å². The molecular weight excluding hydrogens is 432 g/mol. The van der Waals surface area contributed by atoms with Gasteiger partial charge in [-0.2, -0.15) is 0 Å². The van der Waals surface area contributed by atoms with E-state index >= 15 is 0 Å². The van der Waals surface area contributed by atoms with Gasteiger partial charge in [0.15, 0.2) is 0 Å². The summed E-state index contributed by atoms with van der Waals surface area (Å²) in [7, 11) is 1.75. The van der Waals surface area contributed by atoms with Crippen molar-refractivity contribution in [2.75, 3.05) is 20.3 Å². The number of nitrogens with zero attached hydrogens (tertiary/aromatic N) is 1. The summed E-state index contributed by atoms with van der Waals surface area (Å²) in [4.78, 5) is 7.24. The van der Waals surface area contributed by atoms with Crippen LogP contribution in [0.2, 0.25) is 0 Å². The van der Waals surface area contributed by atoms with Crippen LogP contribution in [-0.2, 0) is 0 Å². The van der Waals surface area contributed by atoms with E-state index in [0.717, 1.165) is 22.4 Å². The van der Waals surface area contributed by atoms with Crippen molar-refractivity contribution in [2.45, 2.75) is 49.8 Å². The van der Waals surface area contributed by atoms with Gasteiger partial charge in [0.25, 0.3) is 0 Å². The van der Waals surface area contributed by atoms with Crippen LogP contribution in [0.3, 0.4) is 0 Å². The van der Waals surface area contributed by atoms with Gasteiger partial charge in [-0.05, 0) is 68.0 Å². The molecule has 4 heterocycles. The number of aromatic amines is 1. The molecule has 4 aromatic rings. The first-order chi connectivity index (χ1) is 16.2. The Morgan fingerprint density at radius 2 is 1.85 bits per heavy atom. The van der Waals surface area contributed by atoms with Crippen molar-refractivity contribution in [1.82, 2.24) is 9.88 Å². The Bertz CT molecular complexity index is 1250. The molecule has 2 fully saturated rings. The zero-order valence-electron chi connectivity index (χ0n) is 18.9. The summed E-state index contributed by atoms with van der Waals surface area (Å²) in [6.07, 6.45) is 6.22. The third kappa shape index (κ3) is 3.90. The van der Waals surface area contributed by atoms with Crippen molar-refractivity contribution in [3.05, 3.63) is 59.6 Å². The maximum absolute atomic E-state index is 10.8. The Balaban J connectivity index is 1.10. The number of hydrogen-bond acceptors (Lipinski definition) is 5. The zero-order valence-corrected chi connectivity index (χ0v) is 19.7. The van der Waals surface area contributed by atoms with E-state index in [4.69, 9.17) is 9.47 Å². The lowest BCUT2D eigenvalue weighted by Gasteiger charge is -2.39. The molecule has 0 spiro atoms. The third-order valence-corrected chi connectivity index (χ3v) is 8.72. The van der Waals surface area contributed by atoms with E-state index in [1.165, 1.54) is 40.6 Å². The summed E-state index contributed by atoms with van der Waals surface area (Å²) >= 11 is 1.92. The first kappa shape index (κ1) is 21.0. The van der Waals surface area contributed by atoms with Crippen LogP contribution in [0.1, 0.15) is 36.5 Å². The van der Waals surface area contributed by atoms with E-state index in [0.29, 0.717) is 31.2 Å². The Hall–Kier alpha value is -2.54. The molecule has 6 rings (SSSR count). The Morgan fingerprint density at radius 3 is 2.67 bits per heavy atom. The molecule has 33 heavy (non-hydrogen) atoms. The molecule has 0 radical (unpaired) electrons. The predicted octanol–water partition coefficient (Wildman–Crippen LogP) is 5.54. The van der Waals surface area contributed by atoms with Crippen LogP contribution in [0.15, 0.2) is 54.7 Å². The summed E-state index contributed by atoms with van der Waals surface area (Å²) in [6.45, 7) is 1.01. The number of aliphatic hydroxyl groups is 1. The largest absolute Gasteiger partial charge is 0.496 e. The maximum atomic E-state index is 10.8. The summed E-state index contributed by atoms with van der Waals surface area (Å²) in [5.74, 6) is 2.39. The van der Waals surface area contributed by atoms with Crippen molar-refractivity contribution >= 4 is 32.3 Å². The fraction of sp³-hybridized carbons (Fsp3) is 0.407. The van der Waals surface area contributed by atoms with Crippen LogP contribution < -0.4 is 9.47 Å². The van der Waals surface area contributed by atoms with E-state index in [9.17, 15) is 5.11 Å². The van der Waals surface area contributed by atoms with Gasteiger partial charge in [0.1, 0.15) is 24.2 Å². The molecule has 2 N–H and O–H groups in total. The molecule has 172 valence electrons. The van der Waals surface area contributed by atoms with Crippen LogP contribution in [0.5, 0.6) is 11.5 Å². The molecule has 0 aliphatic carbocycles. The Labute approximate surface area is 197 Å². The minimum Gasteiger partial charge on any atom is -0.496 e. The molecule has 6 heteroatoms. The molecule has 2 saturated heterocycles. The second kappa shape index (κ2) is 8.67. The summed E-state index contributed by atoms with van der Waals surface area (Å²) < 4.78 is 12.9. The second-order valence-electron chi connectivity index (χ2n) is 9.43. The number of benzene rings is 2. The molecular formula is C27H30N2O3S. The van der Waals surface area contributed by atoms with Crippen molar-refractivity contribution < 1.29 is 14.6 Å². The molecule has 2 aliphatic rings. The number of piperidine rings is 1. The molecule has 3 atom stereocenters. The summed E-state index contributed by atoms with van der Waals surface area (Å²) in [6, 6.07) is 17.8. The van der Waals surface area contributed by atoms with Crippen LogP contribution >= 0.6 is 11.3 Å². The average Bonchev–Trinajstić information content (AvgIpc) is 3.53. The monoisotopic (exact) mass is 462 g/mol. The van der Waals surface area contributed by atoms with Gasteiger partial charge in [-0.25, -0.2) is 0 Å². The van der Waals surface area contributed by atoms with Gasteiger partial charge in [-0.3, -0.25) is 4.90 Å². The van der Waals surface area contributed by atoms with E-state index < -0.39 is 6.10 Å². The van der Waals surface area contributed by atoms with Gasteiger partial charge in [0.05, 0.1) is 7.11 Å². The first-order valence-corrected chi connectivity index (χ1v) is 12.7. The van der Waals surface area contributed by atoms with Crippen molar-refractivity contribution in [3.8, 4) is 11.5 Å². The zero-order chi connectivity index (χ0) is 22.4. The van der Waals surface area contributed by atoms with Gasteiger partial charge in [-0.1, -0.05) is 12.1 Å². The number of aliphatic hydroxyl groups excluding tert-OH is 1. The lowest BCUT2D eigenvalue weighted by atomic mass is 9.89. The predicted molar refractivity (Wildman–Crippen MR) is 134 cm³/mol. The maximum Gasteiger partial charge on any atom is 0.128 e. The quantitative estimate of drug-likeness (QED) is 0.379. The lowest BCUT2D eigenvalue weighted by molar-refractivity contribution is 0.0323. The normalized spacial score (nSPS) is 23.9. The molecule has 2 bridgehead atoms. The summed E-state index contributed by atoms with van der Waals surface area (Å²) in [5, 5.41) is 13.1. The van der Waals surface area contributed by atoms with E-state index in [1.807, 2.05) is 47.9 Å². The number of thiophene rings is 1. The fourth-order valence-electron chi connectivity index (χ4n) is 5.90. The van der Waals surface area contributed by atoms with Crippen LogP contribution in [-0.4, -0.2) is 53.4 Å². The molecule has 0 saturated carbocycles. The third-order valence-electron chi connectivity index (χ3n) is 7.45. The number of ether oxygens (including phenoxy) is 2. The van der Waals surface area contributed by atoms with E-state index in [1.54, 1.807) is 7.11 Å². The Kier molecular flexibility index (Phi) is 5.52. The summed E-state index contributed by atoms with van der Waals surface area (Å²) in [5.41, 5.74) is 1.06. The van der Waals surface area contributed by atoms with Crippen LogP contribution in [0.25, 0.3) is 21.0 Å².